The molecule has 2 unspecified atom stereocenters. The van der Waals surface area contributed by atoms with Crippen molar-refractivity contribution in [2.24, 2.45) is 17.6 Å². The number of amides is 4. The van der Waals surface area contributed by atoms with Crippen molar-refractivity contribution in [1.29, 1.82) is 0 Å². The third-order valence-electron chi connectivity index (χ3n) is 9.23. The van der Waals surface area contributed by atoms with Crippen LogP contribution >= 0.6 is 23.2 Å². The number of aromatic nitrogens is 1. The molecule has 4 amide bonds. The highest BCUT2D eigenvalue weighted by atomic mass is 35.5. The Morgan fingerprint density at radius 2 is 1.68 bits per heavy atom. The van der Waals surface area contributed by atoms with Gasteiger partial charge in [-0.25, -0.2) is 4.79 Å². The lowest BCUT2D eigenvalue weighted by atomic mass is 9.78. The summed E-state index contributed by atoms with van der Waals surface area (Å²) >= 11 is 12.8. The number of benzene rings is 2. The molecule has 4 rings (SSSR count). The Morgan fingerprint density at radius 1 is 1.02 bits per heavy atom. The van der Waals surface area contributed by atoms with Crippen LogP contribution in [0.25, 0.3) is 10.9 Å². The van der Waals surface area contributed by atoms with Crippen molar-refractivity contribution in [3.63, 3.8) is 0 Å². The number of H-pyrrole nitrogens is 1. The average molecular weight is 743 g/mol. The second-order valence-electron chi connectivity index (χ2n) is 12.6. The number of para-hydroxylation sites is 1. The topological polar surface area (TPSA) is 165 Å². The van der Waals surface area contributed by atoms with E-state index in [1.54, 1.807) is 32.9 Å². The van der Waals surface area contributed by atoms with Crippen molar-refractivity contribution in [2.75, 3.05) is 0 Å². The van der Waals surface area contributed by atoms with E-state index in [1.165, 1.54) is 18.2 Å². The zero-order valence-corrected chi connectivity index (χ0v) is 29.4. The molecule has 0 aliphatic heterocycles. The first-order chi connectivity index (χ1) is 23.5. The van der Waals surface area contributed by atoms with Crippen molar-refractivity contribution >= 4 is 57.9 Å². The Morgan fingerprint density at radius 3 is 2.32 bits per heavy atom. The largest absolute Gasteiger partial charge is 0.573 e. The Labute approximate surface area is 297 Å². The minimum Gasteiger partial charge on any atom is -0.445 e. The molecule has 1 aliphatic carbocycles. The quantitative estimate of drug-likeness (QED) is 0.143. The van der Waals surface area contributed by atoms with E-state index in [2.05, 4.69) is 25.7 Å². The average Bonchev–Trinajstić information content (AvgIpc) is 3.41. The summed E-state index contributed by atoms with van der Waals surface area (Å²) in [4.78, 5) is 57.1. The summed E-state index contributed by atoms with van der Waals surface area (Å²) in [6.45, 7) is 6.53. The first-order valence-electron chi connectivity index (χ1n) is 16.2. The van der Waals surface area contributed by atoms with Crippen molar-refractivity contribution in [3.05, 3.63) is 63.3 Å². The van der Waals surface area contributed by atoms with Gasteiger partial charge in [0, 0.05) is 28.1 Å². The normalized spacial score (nSPS) is 18.3. The number of fused-ring (bicyclic) bond motifs is 3. The molecule has 2 aromatic carbocycles. The summed E-state index contributed by atoms with van der Waals surface area (Å²) in [5, 5.41) is 9.57. The Balaban J connectivity index is 1.63. The maximum atomic E-state index is 14.3. The molecule has 0 saturated carbocycles. The van der Waals surface area contributed by atoms with Gasteiger partial charge in [-0.15, -0.1) is 13.2 Å². The van der Waals surface area contributed by atoms with E-state index in [9.17, 15) is 32.3 Å². The molecular weight excluding hydrogens is 702 g/mol. The van der Waals surface area contributed by atoms with Gasteiger partial charge in [0.2, 0.25) is 17.7 Å². The number of aromatic amines is 1. The van der Waals surface area contributed by atoms with Gasteiger partial charge >= 0.3 is 12.5 Å². The fourth-order valence-corrected chi connectivity index (χ4v) is 6.55. The lowest BCUT2D eigenvalue weighted by Crippen LogP contribution is -2.67. The molecule has 5 atom stereocenters. The van der Waals surface area contributed by atoms with Crippen LogP contribution in [-0.2, 0) is 38.6 Å². The van der Waals surface area contributed by atoms with Gasteiger partial charge in [0.05, 0.1) is 10.5 Å². The number of hydrogen-bond donors (Lipinski definition) is 5. The number of halogens is 5. The van der Waals surface area contributed by atoms with Gasteiger partial charge in [-0.05, 0) is 48.4 Å². The zero-order chi connectivity index (χ0) is 37.0. The van der Waals surface area contributed by atoms with Crippen LogP contribution in [0.5, 0.6) is 5.75 Å². The fraction of sp³-hybridized carbons (Fsp3) is 0.471. The summed E-state index contributed by atoms with van der Waals surface area (Å²) in [6.07, 6.45) is -4.70. The van der Waals surface area contributed by atoms with Gasteiger partial charge in [0.15, 0.2) is 0 Å². The molecule has 16 heteroatoms. The minimum atomic E-state index is -4.96. The maximum Gasteiger partial charge on any atom is 0.573 e. The van der Waals surface area contributed by atoms with Gasteiger partial charge in [-0.2, -0.15) is 0 Å². The Bertz CT molecular complexity index is 1750. The van der Waals surface area contributed by atoms with Gasteiger partial charge in [0.1, 0.15) is 30.0 Å². The van der Waals surface area contributed by atoms with Gasteiger partial charge in [-0.1, -0.05) is 81.9 Å². The summed E-state index contributed by atoms with van der Waals surface area (Å²) in [5.41, 5.74) is 6.11. The number of aryl methyl sites for hydroxylation is 1. The third-order valence-corrected chi connectivity index (χ3v) is 9.75. The molecule has 1 aromatic heterocycles. The van der Waals surface area contributed by atoms with Crippen LogP contribution in [0.15, 0.2) is 36.4 Å². The number of primary amides is 1. The molecule has 11 nitrogen and oxygen atoms in total. The molecule has 272 valence electrons. The van der Waals surface area contributed by atoms with E-state index in [4.69, 9.17) is 33.7 Å². The van der Waals surface area contributed by atoms with E-state index >= 15 is 0 Å². The monoisotopic (exact) mass is 741 g/mol. The predicted octanol–water partition coefficient (Wildman–Crippen LogP) is 6.07. The number of carbonyl (C=O) groups is 4. The number of alkyl halides is 3. The number of nitrogens with two attached hydrogens (primary N) is 1. The molecule has 3 aromatic rings. The van der Waals surface area contributed by atoms with Crippen LogP contribution in [0.1, 0.15) is 63.8 Å². The predicted molar refractivity (Wildman–Crippen MR) is 181 cm³/mol. The molecule has 1 heterocycles. The van der Waals surface area contributed by atoms with E-state index in [0.717, 1.165) is 11.8 Å². The van der Waals surface area contributed by atoms with E-state index in [-0.39, 0.29) is 24.3 Å². The van der Waals surface area contributed by atoms with E-state index in [0.29, 0.717) is 45.8 Å². The number of nitrogens with one attached hydrogen (secondary N) is 4. The second kappa shape index (κ2) is 15.8. The third kappa shape index (κ3) is 8.94. The van der Waals surface area contributed by atoms with Gasteiger partial charge in [-0.3, -0.25) is 14.4 Å². The Kier molecular flexibility index (Phi) is 12.2. The minimum absolute atomic E-state index is 0.0176. The second-order valence-corrected chi connectivity index (χ2v) is 13.5. The molecule has 0 saturated heterocycles. The highest BCUT2D eigenvalue weighted by Crippen LogP contribution is 2.38. The first kappa shape index (κ1) is 38.6. The SMILES string of the molecule is CC[C@H](C)C(NC(=O)[C@@]1(NC(=O)C(NC(=O)OCc2ccccc2OC(F)(F)F)[C@@H](C)CC)CCc2[nH]c3c(Cl)cc(Cl)cc3c2C1)C(N)=O. The van der Waals surface area contributed by atoms with Crippen LogP contribution in [-0.4, -0.2) is 52.8 Å². The van der Waals surface area contributed by atoms with Gasteiger partial charge in [0.25, 0.3) is 0 Å². The van der Waals surface area contributed by atoms with Crippen molar-refractivity contribution < 1.29 is 41.8 Å². The summed E-state index contributed by atoms with van der Waals surface area (Å²) in [5.74, 6) is -3.43. The summed E-state index contributed by atoms with van der Waals surface area (Å²) in [7, 11) is 0. The first-order valence-corrected chi connectivity index (χ1v) is 16.9. The van der Waals surface area contributed by atoms with E-state index in [1.807, 2.05) is 6.92 Å². The molecule has 6 N–H and O–H groups in total. The Hall–Kier alpha value is -4.17. The molecule has 0 bridgehead atoms. The van der Waals surface area contributed by atoms with Crippen molar-refractivity contribution in [3.8, 4) is 5.75 Å². The van der Waals surface area contributed by atoms with Crippen LogP contribution < -0.4 is 26.4 Å². The lowest BCUT2D eigenvalue weighted by molar-refractivity contribution is -0.275. The summed E-state index contributed by atoms with van der Waals surface area (Å²) in [6, 6.07) is 6.21. The van der Waals surface area contributed by atoms with Crippen molar-refractivity contribution in [2.45, 2.75) is 90.4 Å². The fourth-order valence-electron chi connectivity index (χ4n) is 6.01. The van der Waals surface area contributed by atoms with Crippen LogP contribution in [0.2, 0.25) is 10.0 Å². The summed E-state index contributed by atoms with van der Waals surface area (Å²) < 4.78 is 47.9. The number of ether oxygens (including phenoxy) is 2. The molecular formula is C34H40Cl2F3N5O6. The number of alkyl carbamates (subject to hydrolysis) is 1. The highest BCUT2D eigenvalue weighted by molar-refractivity contribution is 6.38. The van der Waals surface area contributed by atoms with Crippen LogP contribution in [0.3, 0.4) is 0 Å². The maximum absolute atomic E-state index is 14.3. The zero-order valence-electron chi connectivity index (χ0n) is 27.9. The number of carbonyl (C=O) groups excluding carboxylic acids is 4. The van der Waals surface area contributed by atoms with Crippen LogP contribution in [0.4, 0.5) is 18.0 Å². The van der Waals surface area contributed by atoms with Crippen LogP contribution in [0, 0.1) is 11.8 Å². The highest BCUT2D eigenvalue weighted by Gasteiger charge is 2.47. The number of hydrogen-bond acceptors (Lipinski definition) is 6. The van der Waals surface area contributed by atoms with E-state index < -0.39 is 66.1 Å². The molecule has 0 fully saturated rings. The lowest BCUT2D eigenvalue weighted by Gasteiger charge is -2.39. The standard InChI is InChI=1S/C34H40Cl2F3N5O6/c1-5-17(3)26(29(40)45)42-31(47)33(12-11-24-22(15-33)21-13-20(35)14-23(36)28(21)41-24)44-30(46)27(18(4)6-2)43-32(48)49-16-19-9-7-8-10-25(19)50-34(37,38)39/h7-10,13-14,17-18,26-27,41H,5-6,11-12,15-16H2,1-4H3,(H2,40,45)(H,42,47)(H,43,48)(H,44,46)/t17-,18-,26?,27?,33+/m0/s1. The molecule has 1 aliphatic rings. The molecule has 0 spiro atoms. The molecule has 0 radical (unpaired) electrons. The molecule has 50 heavy (non-hydrogen) atoms. The smallest absolute Gasteiger partial charge is 0.445 e. The van der Waals surface area contributed by atoms with Gasteiger partial charge < -0.3 is 36.1 Å². The van der Waals surface area contributed by atoms with Crippen molar-refractivity contribution in [1.82, 2.24) is 20.9 Å². The number of rotatable bonds is 13.